The van der Waals surface area contributed by atoms with Crippen LogP contribution in [0.4, 0.5) is 0 Å². The van der Waals surface area contributed by atoms with Crippen LogP contribution in [-0.2, 0) is 6.42 Å². The molecule has 21 heavy (non-hydrogen) atoms. The fraction of sp³-hybridized carbons (Fsp3) is 0.333. The number of nitrogens with zero attached hydrogens (tertiary/aromatic N) is 2. The van der Waals surface area contributed by atoms with Gasteiger partial charge in [0.25, 0.3) is 0 Å². The molecule has 1 atom stereocenters. The van der Waals surface area contributed by atoms with E-state index in [-0.39, 0.29) is 0 Å². The zero-order chi connectivity index (χ0) is 14.2. The normalized spacial score (nSPS) is 16.2. The summed E-state index contributed by atoms with van der Waals surface area (Å²) in [7, 11) is 0. The van der Waals surface area contributed by atoms with Crippen LogP contribution in [0.5, 0.6) is 0 Å². The van der Waals surface area contributed by atoms with Crippen molar-refractivity contribution >= 4 is 11.1 Å². The van der Waals surface area contributed by atoms with E-state index in [0.29, 0.717) is 5.92 Å². The average molecular weight is 278 g/mol. The van der Waals surface area contributed by atoms with Crippen LogP contribution in [0.15, 0.2) is 47.3 Å². The van der Waals surface area contributed by atoms with Gasteiger partial charge in [-0.15, -0.1) is 0 Å². The summed E-state index contributed by atoms with van der Waals surface area (Å²) >= 11 is 0. The third-order valence-electron chi connectivity index (χ3n) is 4.44. The van der Waals surface area contributed by atoms with Gasteiger partial charge in [-0.2, -0.15) is 0 Å². The van der Waals surface area contributed by atoms with Crippen molar-refractivity contribution in [3.8, 4) is 11.3 Å². The maximum atomic E-state index is 5.81. The first-order valence-electron chi connectivity index (χ1n) is 7.59. The van der Waals surface area contributed by atoms with E-state index in [1.165, 1.54) is 18.4 Å². The molecule has 1 unspecified atom stereocenters. The third kappa shape index (κ3) is 2.33. The van der Waals surface area contributed by atoms with Crippen molar-refractivity contribution in [3.63, 3.8) is 0 Å². The molecule has 1 aliphatic rings. The molecule has 0 bridgehead atoms. The summed E-state index contributed by atoms with van der Waals surface area (Å²) in [5.41, 5.74) is 4.94. The van der Waals surface area contributed by atoms with Gasteiger partial charge in [0.2, 0.25) is 0 Å². The molecule has 0 radical (unpaired) electrons. The molecule has 4 rings (SSSR count). The lowest BCUT2D eigenvalue weighted by Gasteiger charge is -2.07. The van der Waals surface area contributed by atoms with Crippen LogP contribution in [0.1, 0.15) is 25.3 Å². The molecule has 2 heterocycles. The van der Waals surface area contributed by atoms with E-state index in [1.54, 1.807) is 6.33 Å². The Morgan fingerprint density at radius 2 is 2.00 bits per heavy atom. The zero-order valence-corrected chi connectivity index (χ0v) is 12.1. The quantitative estimate of drug-likeness (QED) is 0.706. The Kier molecular flexibility index (Phi) is 2.99. The predicted molar refractivity (Wildman–Crippen MR) is 82.8 cm³/mol. The molecule has 0 spiro atoms. The molecule has 1 aromatic carbocycles. The third-order valence-corrected chi connectivity index (χ3v) is 4.44. The van der Waals surface area contributed by atoms with Crippen LogP contribution < -0.4 is 0 Å². The SMILES string of the molecule is CC(Cc1coc2c(-c3ccccc3)ncnc12)C1CC1. The van der Waals surface area contributed by atoms with Crippen molar-refractivity contribution in [2.75, 3.05) is 0 Å². The molecule has 3 nitrogen and oxygen atoms in total. The summed E-state index contributed by atoms with van der Waals surface area (Å²) in [5.74, 6) is 1.60. The molecule has 0 saturated heterocycles. The van der Waals surface area contributed by atoms with E-state index in [1.807, 2.05) is 24.5 Å². The molecule has 1 fully saturated rings. The summed E-state index contributed by atoms with van der Waals surface area (Å²) in [6, 6.07) is 10.1. The second-order valence-corrected chi connectivity index (χ2v) is 6.05. The topological polar surface area (TPSA) is 38.9 Å². The number of aromatic nitrogens is 2. The van der Waals surface area contributed by atoms with Crippen LogP contribution >= 0.6 is 0 Å². The van der Waals surface area contributed by atoms with Crippen molar-refractivity contribution in [1.82, 2.24) is 9.97 Å². The van der Waals surface area contributed by atoms with E-state index in [4.69, 9.17) is 4.42 Å². The number of hydrogen-bond acceptors (Lipinski definition) is 3. The van der Waals surface area contributed by atoms with E-state index in [2.05, 4.69) is 29.0 Å². The summed E-state index contributed by atoms with van der Waals surface area (Å²) in [6.45, 7) is 2.33. The zero-order valence-electron chi connectivity index (χ0n) is 12.1. The minimum absolute atomic E-state index is 0.709. The van der Waals surface area contributed by atoms with Crippen molar-refractivity contribution < 1.29 is 4.42 Å². The smallest absolute Gasteiger partial charge is 0.178 e. The molecule has 2 aromatic heterocycles. The van der Waals surface area contributed by atoms with Gasteiger partial charge in [-0.3, -0.25) is 0 Å². The lowest BCUT2D eigenvalue weighted by Crippen LogP contribution is -2.01. The van der Waals surface area contributed by atoms with E-state index in [0.717, 1.165) is 34.7 Å². The molecule has 3 aromatic rings. The minimum Gasteiger partial charge on any atom is -0.460 e. The van der Waals surface area contributed by atoms with Crippen LogP contribution in [0, 0.1) is 11.8 Å². The lowest BCUT2D eigenvalue weighted by molar-refractivity contribution is 0.502. The van der Waals surface area contributed by atoms with Gasteiger partial charge in [-0.05, 0) is 31.1 Å². The van der Waals surface area contributed by atoms with Gasteiger partial charge in [0.05, 0.1) is 6.26 Å². The Labute approximate surface area is 124 Å². The molecular weight excluding hydrogens is 260 g/mol. The second kappa shape index (κ2) is 4.99. The highest BCUT2D eigenvalue weighted by Gasteiger charge is 2.29. The van der Waals surface area contributed by atoms with E-state index < -0.39 is 0 Å². The van der Waals surface area contributed by atoms with Gasteiger partial charge in [-0.25, -0.2) is 9.97 Å². The summed E-state index contributed by atoms with van der Waals surface area (Å²) in [4.78, 5) is 8.87. The Morgan fingerprint density at radius 1 is 1.19 bits per heavy atom. The monoisotopic (exact) mass is 278 g/mol. The Hall–Kier alpha value is -2.16. The number of hydrogen-bond donors (Lipinski definition) is 0. The average Bonchev–Trinajstić information content (AvgIpc) is 3.31. The van der Waals surface area contributed by atoms with E-state index >= 15 is 0 Å². The van der Waals surface area contributed by atoms with Gasteiger partial charge < -0.3 is 4.42 Å². The maximum Gasteiger partial charge on any atom is 0.178 e. The van der Waals surface area contributed by atoms with Crippen molar-refractivity contribution in [3.05, 3.63) is 48.5 Å². The number of furan rings is 1. The summed E-state index contributed by atoms with van der Waals surface area (Å²) in [6.07, 6.45) is 7.31. The number of fused-ring (bicyclic) bond motifs is 1. The lowest BCUT2D eigenvalue weighted by atomic mass is 9.97. The summed E-state index contributed by atoms with van der Waals surface area (Å²) < 4.78 is 5.81. The predicted octanol–water partition coefficient (Wildman–Crippen LogP) is 4.48. The van der Waals surface area contributed by atoms with Crippen LogP contribution in [0.2, 0.25) is 0 Å². The molecule has 106 valence electrons. The molecule has 0 amide bonds. The van der Waals surface area contributed by atoms with Gasteiger partial charge in [0.15, 0.2) is 5.58 Å². The van der Waals surface area contributed by atoms with Crippen LogP contribution in [-0.4, -0.2) is 9.97 Å². The molecular formula is C18H18N2O. The van der Waals surface area contributed by atoms with Crippen LogP contribution in [0.3, 0.4) is 0 Å². The Bertz CT molecular complexity index is 759. The minimum atomic E-state index is 0.709. The molecule has 0 N–H and O–H groups in total. The standard InChI is InChI=1S/C18H18N2O/c1-12(13-7-8-13)9-15-10-21-18-16(19-11-20-17(15)18)14-5-3-2-4-6-14/h2-6,10-13H,7-9H2,1H3. The Balaban J connectivity index is 1.75. The van der Waals surface area contributed by atoms with Crippen molar-refractivity contribution in [2.45, 2.75) is 26.2 Å². The van der Waals surface area contributed by atoms with Crippen molar-refractivity contribution in [2.24, 2.45) is 11.8 Å². The molecule has 3 heteroatoms. The van der Waals surface area contributed by atoms with E-state index in [9.17, 15) is 0 Å². The second-order valence-electron chi connectivity index (χ2n) is 6.05. The first-order chi connectivity index (χ1) is 10.3. The van der Waals surface area contributed by atoms with Gasteiger partial charge in [-0.1, -0.05) is 37.3 Å². The van der Waals surface area contributed by atoms with Crippen LogP contribution in [0.25, 0.3) is 22.4 Å². The van der Waals surface area contributed by atoms with Gasteiger partial charge in [0, 0.05) is 11.1 Å². The molecule has 0 aliphatic heterocycles. The number of benzene rings is 1. The highest BCUT2D eigenvalue weighted by Crippen LogP contribution is 2.39. The Morgan fingerprint density at radius 3 is 2.76 bits per heavy atom. The van der Waals surface area contributed by atoms with Gasteiger partial charge >= 0.3 is 0 Å². The highest BCUT2D eigenvalue weighted by molar-refractivity contribution is 5.89. The van der Waals surface area contributed by atoms with Crippen molar-refractivity contribution in [1.29, 1.82) is 0 Å². The first kappa shape index (κ1) is 12.6. The highest BCUT2D eigenvalue weighted by atomic mass is 16.3. The maximum absolute atomic E-state index is 5.81. The molecule has 1 saturated carbocycles. The largest absolute Gasteiger partial charge is 0.460 e. The molecule has 1 aliphatic carbocycles. The fourth-order valence-electron chi connectivity index (χ4n) is 3.03. The first-order valence-corrected chi connectivity index (χ1v) is 7.59. The summed E-state index contributed by atoms with van der Waals surface area (Å²) in [5, 5.41) is 0. The van der Waals surface area contributed by atoms with Gasteiger partial charge in [0.1, 0.15) is 17.5 Å². The number of rotatable bonds is 4. The fourth-order valence-corrected chi connectivity index (χ4v) is 3.03.